The van der Waals surface area contributed by atoms with E-state index in [2.05, 4.69) is 4.98 Å². The number of hydrogen-bond acceptors (Lipinski definition) is 3. The minimum atomic E-state index is -3.15. The molecule has 21 heavy (non-hydrogen) atoms. The monoisotopic (exact) mass is 296 g/mol. The highest BCUT2D eigenvalue weighted by Gasteiger charge is 2.42. The van der Waals surface area contributed by atoms with Crippen molar-refractivity contribution in [1.29, 1.82) is 0 Å². The van der Waals surface area contributed by atoms with Crippen LogP contribution >= 0.6 is 0 Å². The molecule has 114 valence electrons. The van der Waals surface area contributed by atoms with Gasteiger partial charge in [0.1, 0.15) is 5.60 Å². The van der Waals surface area contributed by atoms with Gasteiger partial charge in [-0.15, -0.1) is 0 Å². The van der Waals surface area contributed by atoms with Crippen LogP contribution in [-0.4, -0.2) is 40.6 Å². The molecule has 1 aromatic rings. The molecule has 0 spiro atoms. The predicted octanol–water partition coefficient (Wildman–Crippen LogP) is 3.35. The molecule has 4 nitrogen and oxygen atoms in total. The average molecular weight is 296 g/mol. The average Bonchev–Trinajstić information content (AvgIpc) is 2.36. The highest BCUT2D eigenvalue weighted by Crippen LogP contribution is 2.35. The van der Waals surface area contributed by atoms with Crippen molar-refractivity contribution >= 4 is 11.7 Å². The molecule has 1 aliphatic heterocycles. The normalized spacial score (nSPS) is 18.1. The number of pyridine rings is 1. The van der Waals surface area contributed by atoms with Crippen LogP contribution in [0.25, 0.3) is 5.57 Å². The standard InChI is InChI=1S/C15H18F2N2O2/c1-14(2,3)21-13(20)19-9-7-11(15(16,17)10-19)12-6-4-5-8-18-12/h4-8H,9-10H2,1-3H3. The SMILES string of the molecule is CC(C)(C)OC(=O)N1CC=C(c2ccccn2)C(F)(F)C1. The smallest absolute Gasteiger partial charge is 0.410 e. The summed E-state index contributed by atoms with van der Waals surface area (Å²) in [5.41, 5.74) is -0.633. The molecule has 2 heterocycles. The lowest BCUT2D eigenvalue weighted by molar-refractivity contribution is -0.0106. The fraction of sp³-hybridized carbons (Fsp3) is 0.467. The van der Waals surface area contributed by atoms with E-state index in [0.29, 0.717) is 0 Å². The minimum Gasteiger partial charge on any atom is -0.444 e. The summed E-state index contributed by atoms with van der Waals surface area (Å²) in [6.45, 7) is 4.47. The summed E-state index contributed by atoms with van der Waals surface area (Å²) in [6, 6.07) is 4.85. The minimum absolute atomic E-state index is 0.0798. The van der Waals surface area contributed by atoms with Gasteiger partial charge in [-0.3, -0.25) is 9.88 Å². The maximum atomic E-state index is 14.2. The second-order valence-electron chi connectivity index (χ2n) is 5.90. The fourth-order valence-corrected chi connectivity index (χ4v) is 2.02. The van der Waals surface area contributed by atoms with Crippen LogP contribution in [0.3, 0.4) is 0 Å². The summed E-state index contributed by atoms with van der Waals surface area (Å²) < 4.78 is 33.6. The molecule has 1 aromatic heterocycles. The van der Waals surface area contributed by atoms with Crippen LogP contribution in [-0.2, 0) is 4.74 Å². The van der Waals surface area contributed by atoms with Gasteiger partial charge in [0.15, 0.2) is 0 Å². The molecule has 0 bridgehead atoms. The van der Waals surface area contributed by atoms with Gasteiger partial charge in [0.05, 0.1) is 12.2 Å². The van der Waals surface area contributed by atoms with Gasteiger partial charge in [-0.2, -0.15) is 8.78 Å². The summed E-state index contributed by atoms with van der Waals surface area (Å²) in [5, 5.41) is 0. The molecular weight excluding hydrogens is 278 g/mol. The molecule has 0 saturated carbocycles. The van der Waals surface area contributed by atoms with Crippen LogP contribution in [0.1, 0.15) is 26.5 Å². The van der Waals surface area contributed by atoms with E-state index in [1.54, 1.807) is 32.9 Å². The second-order valence-corrected chi connectivity index (χ2v) is 5.90. The summed E-state index contributed by atoms with van der Waals surface area (Å²) in [6.07, 6.45) is 2.06. The number of rotatable bonds is 1. The lowest BCUT2D eigenvalue weighted by Crippen LogP contribution is -2.46. The van der Waals surface area contributed by atoms with E-state index in [-0.39, 0.29) is 17.8 Å². The number of hydrogen-bond donors (Lipinski definition) is 0. The van der Waals surface area contributed by atoms with E-state index in [0.717, 1.165) is 4.90 Å². The Bertz CT molecular complexity index is 551. The summed E-state index contributed by atoms with van der Waals surface area (Å²) in [4.78, 5) is 16.8. The number of ether oxygens (including phenoxy) is 1. The van der Waals surface area contributed by atoms with Crippen LogP contribution < -0.4 is 0 Å². The molecule has 0 saturated heterocycles. The van der Waals surface area contributed by atoms with Crippen LogP contribution in [0.15, 0.2) is 30.5 Å². The van der Waals surface area contributed by atoms with E-state index in [1.807, 2.05) is 0 Å². The molecule has 1 amide bonds. The topological polar surface area (TPSA) is 42.4 Å². The van der Waals surface area contributed by atoms with Crippen LogP contribution in [0.5, 0.6) is 0 Å². The molecule has 0 aromatic carbocycles. The number of carbonyl (C=O) groups excluding carboxylic acids is 1. The Balaban J connectivity index is 2.18. The van der Waals surface area contributed by atoms with Crippen molar-refractivity contribution in [2.45, 2.75) is 32.3 Å². The Morgan fingerprint density at radius 1 is 1.38 bits per heavy atom. The molecule has 0 unspecified atom stereocenters. The quantitative estimate of drug-likeness (QED) is 0.798. The van der Waals surface area contributed by atoms with Crippen molar-refractivity contribution < 1.29 is 18.3 Å². The van der Waals surface area contributed by atoms with Gasteiger partial charge in [-0.05, 0) is 32.9 Å². The third kappa shape index (κ3) is 3.77. The number of amides is 1. The predicted molar refractivity (Wildman–Crippen MR) is 75.0 cm³/mol. The first-order valence-corrected chi connectivity index (χ1v) is 6.67. The zero-order chi connectivity index (χ0) is 15.7. The van der Waals surface area contributed by atoms with Crippen molar-refractivity contribution in [3.63, 3.8) is 0 Å². The lowest BCUT2D eigenvalue weighted by atomic mass is 10.0. The van der Waals surface area contributed by atoms with Crippen molar-refractivity contribution in [2.75, 3.05) is 13.1 Å². The van der Waals surface area contributed by atoms with Crippen LogP contribution in [0, 0.1) is 0 Å². The molecule has 0 aliphatic carbocycles. The Labute approximate surface area is 122 Å². The van der Waals surface area contributed by atoms with E-state index < -0.39 is 24.2 Å². The highest BCUT2D eigenvalue weighted by molar-refractivity contribution is 5.74. The second kappa shape index (κ2) is 5.42. The van der Waals surface area contributed by atoms with Gasteiger partial charge in [-0.1, -0.05) is 12.1 Å². The number of aromatic nitrogens is 1. The molecule has 0 radical (unpaired) electrons. The highest BCUT2D eigenvalue weighted by atomic mass is 19.3. The van der Waals surface area contributed by atoms with E-state index in [1.165, 1.54) is 18.3 Å². The van der Waals surface area contributed by atoms with Gasteiger partial charge in [-0.25, -0.2) is 4.79 Å². The van der Waals surface area contributed by atoms with E-state index in [9.17, 15) is 13.6 Å². The fourth-order valence-electron chi connectivity index (χ4n) is 2.02. The van der Waals surface area contributed by atoms with Crippen LogP contribution in [0.2, 0.25) is 0 Å². The summed E-state index contributed by atoms with van der Waals surface area (Å²) >= 11 is 0. The van der Waals surface area contributed by atoms with E-state index in [4.69, 9.17) is 4.74 Å². The lowest BCUT2D eigenvalue weighted by Gasteiger charge is -2.33. The maximum absolute atomic E-state index is 14.2. The molecule has 0 N–H and O–H groups in total. The molecule has 0 atom stereocenters. The first kappa shape index (κ1) is 15.4. The number of alkyl halides is 2. The van der Waals surface area contributed by atoms with Gasteiger partial charge >= 0.3 is 6.09 Å². The van der Waals surface area contributed by atoms with Gasteiger partial charge in [0.2, 0.25) is 0 Å². The largest absolute Gasteiger partial charge is 0.444 e. The number of nitrogens with zero attached hydrogens (tertiary/aromatic N) is 2. The Morgan fingerprint density at radius 2 is 2.10 bits per heavy atom. The zero-order valence-electron chi connectivity index (χ0n) is 12.3. The molecule has 6 heteroatoms. The van der Waals surface area contributed by atoms with Crippen molar-refractivity contribution in [1.82, 2.24) is 9.88 Å². The van der Waals surface area contributed by atoms with Crippen molar-refractivity contribution in [3.8, 4) is 0 Å². The first-order chi connectivity index (χ1) is 9.69. The first-order valence-electron chi connectivity index (χ1n) is 6.67. The maximum Gasteiger partial charge on any atom is 0.410 e. The van der Waals surface area contributed by atoms with E-state index >= 15 is 0 Å². The third-order valence-electron chi connectivity index (χ3n) is 2.89. The van der Waals surface area contributed by atoms with Crippen molar-refractivity contribution in [2.24, 2.45) is 0 Å². The summed E-state index contributed by atoms with van der Waals surface area (Å²) in [5.74, 6) is -3.15. The van der Waals surface area contributed by atoms with Crippen molar-refractivity contribution in [3.05, 3.63) is 36.2 Å². The number of carbonyl (C=O) groups is 1. The van der Waals surface area contributed by atoms with Crippen LogP contribution in [0.4, 0.5) is 13.6 Å². The Kier molecular flexibility index (Phi) is 3.98. The molecular formula is C15H18F2N2O2. The van der Waals surface area contributed by atoms with Gasteiger partial charge in [0, 0.05) is 18.3 Å². The Morgan fingerprint density at radius 3 is 2.62 bits per heavy atom. The molecule has 0 fully saturated rings. The summed E-state index contributed by atoms with van der Waals surface area (Å²) in [7, 11) is 0. The van der Waals surface area contributed by atoms with Gasteiger partial charge < -0.3 is 4.74 Å². The molecule has 2 rings (SSSR count). The Hall–Kier alpha value is -1.98. The third-order valence-corrected chi connectivity index (χ3v) is 2.89. The molecule has 1 aliphatic rings. The number of halogens is 2. The zero-order valence-corrected chi connectivity index (χ0v) is 12.3. The van der Waals surface area contributed by atoms with Gasteiger partial charge in [0.25, 0.3) is 5.92 Å².